The zero-order valence-electron chi connectivity index (χ0n) is 14.9. The second-order valence-electron chi connectivity index (χ2n) is 7.38. The molecule has 0 radical (unpaired) electrons. The maximum absolute atomic E-state index is 12.5. The molecule has 2 unspecified atom stereocenters. The van der Waals surface area contributed by atoms with E-state index in [-0.39, 0.29) is 6.04 Å². The molecule has 0 aromatic heterocycles. The number of benzene rings is 1. The van der Waals surface area contributed by atoms with Gasteiger partial charge >= 0.3 is 11.8 Å². The van der Waals surface area contributed by atoms with Crippen molar-refractivity contribution >= 4 is 11.8 Å². The van der Waals surface area contributed by atoms with E-state index in [1.54, 1.807) is 4.90 Å². The molecule has 1 N–H and O–H groups in total. The summed E-state index contributed by atoms with van der Waals surface area (Å²) >= 11 is 0. The lowest BCUT2D eigenvalue weighted by atomic mass is 9.94. The lowest BCUT2D eigenvalue weighted by Gasteiger charge is -2.30. The minimum Gasteiger partial charge on any atom is -0.381 e. The lowest BCUT2D eigenvalue weighted by Crippen LogP contribution is -2.47. The first-order valence-corrected chi connectivity index (χ1v) is 9.36. The number of nitrogens with zero attached hydrogens (tertiary/aromatic N) is 1. The molecule has 3 rings (SSSR count). The zero-order valence-corrected chi connectivity index (χ0v) is 14.9. The molecule has 2 fully saturated rings. The van der Waals surface area contributed by atoms with E-state index in [0.29, 0.717) is 24.9 Å². The van der Waals surface area contributed by atoms with Crippen LogP contribution >= 0.6 is 0 Å². The molecule has 2 saturated heterocycles. The van der Waals surface area contributed by atoms with Gasteiger partial charge in [-0.2, -0.15) is 0 Å². The second-order valence-corrected chi connectivity index (χ2v) is 7.38. The summed E-state index contributed by atoms with van der Waals surface area (Å²) in [5, 5.41) is 2.98. The molecule has 0 spiro atoms. The van der Waals surface area contributed by atoms with E-state index in [1.165, 1.54) is 0 Å². The minimum atomic E-state index is -0.484. The molecule has 5 heteroatoms. The Morgan fingerprint density at radius 2 is 1.92 bits per heavy atom. The quantitative estimate of drug-likeness (QED) is 0.854. The Morgan fingerprint density at radius 1 is 1.20 bits per heavy atom. The average Bonchev–Trinajstić information content (AvgIpc) is 3.15. The van der Waals surface area contributed by atoms with Gasteiger partial charge in [-0.25, -0.2) is 0 Å². The van der Waals surface area contributed by atoms with Crippen molar-refractivity contribution in [2.75, 3.05) is 26.3 Å². The molecule has 0 bridgehead atoms. The summed E-state index contributed by atoms with van der Waals surface area (Å²) in [6, 6.07) is 9.76. The monoisotopic (exact) mass is 344 g/mol. The molecule has 0 aliphatic carbocycles. The maximum atomic E-state index is 12.5. The van der Waals surface area contributed by atoms with Crippen LogP contribution in [0.5, 0.6) is 0 Å². The Kier molecular flexibility index (Phi) is 6.08. The molecule has 5 nitrogen and oxygen atoms in total. The fourth-order valence-electron chi connectivity index (χ4n) is 3.64. The number of rotatable bonds is 4. The van der Waals surface area contributed by atoms with Gasteiger partial charge in [0, 0.05) is 26.3 Å². The van der Waals surface area contributed by atoms with Gasteiger partial charge in [-0.3, -0.25) is 9.59 Å². The molecule has 1 aromatic rings. The molecule has 1 aromatic carbocycles. The third-order valence-corrected chi connectivity index (χ3v) is 5.37. The van der Waals surface area contributed by atoms with Gasteiger partial charge in [-0.15, -0.1) is 0 Å². The number of ether oxygens (including phenoxy) is 1. The number of carbonyl (C=O) groups excluding carboxylic acids is 2. The third kappa shape index (κ3) is 4.82. The second kappa shape index (κ2) is 8.48. The predicted octanol–water partition coefficient (Wildman–Crippen LogP) is 2.53. The lowest BCUT2D eigenvalue weighted by molar-refractivity contribution is -0.147. The van der Waals surface area contributed by atoms with Crippen molar-refractivity contribution < 1.29 is 14.3 Å². The molecular formula is C20H28N2O3. The predicted molar refractivity (Wildman–Crippen MR) is 95.8 cm³/mol. The maximum Gasteiger partial charge on any atom is 0.311 e. The van der Waals surface area contributed by atoms with Gasteiger partial charge < -0.3 is 15.0 Å². The van der Waals surface area contributed by atoms with E-state index in [4.69, 9.17) is 4.74 Å². The molecule has 0 saturated carbocycles. The first-order valence-electron chi connectivity index (χ1n) is 9.36. The van der Waals surface area contributed by atoms with Gasteiger partial charge in [0.2, 0.25) is 0 Å². The van der Waals surface area contributed by atoms with Crippen LogP contribution in [0, 0.1) is 11.8 Å². The van der Waals surface area contributed by atoms with Gasteiger partial charge in [-0.1, -0.05) is 37.3 Å². The van der Waals surface area contributed by atoms with E-state index < -0.39 is 11.8 Å². The summed E-state index contributed by atoms with van der Waals surface area (Å²) in [5.74, 6) is 0.181. The van der Waals surface area contributed by atoms with Crippen LogP contribution in [0.3, 0.4) is 0 Å². The Balaban J connectivity index is 1.64. The number of amides is 2. The molecule has 2 atom stereocenters. The van der Waals surface area contributed by atoms with Crippen LogP contribution in [0.4, 0.5) is 0 Å². The fourth-order valence-corrected chi connectivity index (χ4v) is 3.64. The van der Waals surface area contributed by atoms with Gasteiger partial charge in [0.1, 0.15) is 0 Å². The van der Waals surface area contributed by atoms with Crippen LogP contribution in [-0.2, 0) is 14.3 Å². The highest BCUT2D eigenvalue weighted by atomic mass is 16.5. The number of carbonyl (C=O) groups is 2. The van der Waals surface area contributed by atoms with Crippen LogP contribution < -0.4 is 5.32 Å². The van der Waals surface area contributed by atoms with Crippen molar-refractivity contribution in [3.8, 4) is 0 Å². The van der Waals surface area contributed by atoms with Crippen molar-refractivity contribution in [3.05, 3.63) is 35.9 Å². The van der Waals surface area contributed by atoms with E-state index in [9.17, 15) is 9.59 Å². The van der Waals surface area contributed by atoms with Gasteiger partial charge in [0.05, 0.1) is 6.04 Å². The minimum absolute atomic E-state index is 0.145. The van der Waals surface area contributed by atoms with Crippen LogP contribution in [-0.4, -0.2) is 43.0 Å². The number of nitrogens with one attached hydrogen (secondary N) is 1. The highest BCUT2D eigenvalue weighted by Crippen LogP contribution is 2.26. The highest BCUT2D eigenvalue weighted by Gasteiger charge is 2.29. The molecule has 2 heterocycles. The van der Waals surface area contributed by atoms with E-state index >= 15 is 0 Å². The summed E-state index contributed by atoms with van der Waals surface area (Å²) in [7, 11) is 0. The van der Waals surface area contributed by atoms with E-state index in [1.807, 2.05) is 30.3 Å². The fraction of sp³-hybridized carbons (Fsp3) is 0.600. The molecular weight excluding hydrogens is 316 g/mol. The van der Waals surface area contributed by atoms with Gasteiger partial charge in [-0.05, 0) is 43.1 Å². The molecule has 2 aliphatic rings. The molecule has 136 valence electrons. The first-order chi connectivity index (χ1) is 12.1. The Morgan fingerprint density at radius 3 is 2.56 bits per heavy atom. The van der Waals surface area contributed by atoms with Gasteiger partial charge in [0.15, 0.2) is 0 Å². The third-order valence-electron chi connectivity index (χ3n) is 5.37. The standard InChI is InChI=1S/C20H28N2O3/c1-15-7-10-22(11-8-15)20(24)19(23)21-18(13-16-9-12-25-14-16)17-5-3-2-4-6-17/h2-6,15-16,18H,7-14H2,1H3,(H,21,23). The van der Waals surface area contributed by atoms with E-state index in [2.05, 4.69) is 12.2 Å². The summed E-state index contributed by atoms with van der Waals surface area (Å²) in [6.45, 7) is 5.07. The van der Waals surface area contributed by atoms with Crippen LogP contribution in [0.2, 0.25) is 0 Å². The zero-order chi connectivity index (χ0) is 17.6. The topological polar surface area (TPSA) is 58.6 Å². The first kappa shape index (κ1) is 17.9. The normalized spacial score (nSPS) is 22.6. The Hall–Kier alpha value is -1.88. The summed E-state index contributed by atoms with van der Waals surface area (Å²) < 4.78 is 5.46. The number of likely N-dealkylation sites (tertiary alicyclic amines) is 1. The number of piperidine rings is 1. The summed E-state index contributed by atoms with van der Waals surface area (Å²) in [5.41, 5.74) is 1.04. The largest absolute Gasteiger partial charge is 0.381 e. The summed E-state index contributed by atoms with van der Waals surface area (Å²) in [6.07, 6.45) is 3.76. The highest BCUT2D eigenvalue weighted by molar-refractivity contribution is 6.35. The smallest absolute Gasteiger partial charge is 0.311 e. The van der Waals surface area contributed by atoms with Crippen molar-refractivity contribution in [2.45, 2.75) is 38.6 Å². The van der Waals surface area contributed by atoms with Crippen LogP contribution in [0.1, 0.15) is 44.2 Å². The Bertz CT molecular complexity index is 576. The summed E-state index contributed by atoms with van der Waals surface area (Å²) in [4.78, 5) is 26.7. The van der Waals surface area contributed by atoms with Crippen molar-refractivity contribution in [3.63, 3.8) is 0 Å². The van der Waals surface area contributed by atoms with Crippen LogP contribution in [0.25, 0.3) is 0 Å². The number of hydrogen-bond donors (Lipinski definition) is 1. The molecule has 2 amide bonds. The van der Waals surface area contributed by atoms with Crippen molar-refractivity contribution in [2.24, 2.45) is 11.8 Å². The SMILES string of the molecule is CC1CCN(C(=O)C(=O)NC(CC2CCOC2)c2ccccc2)CC1. The van der Waals surface area contributed by atoms with Crippen LogP contribution in [0.15, 0.2) is 30.3 Å². The molecule has 2 aliphatic heterocycles. The average molecular weight is 344 g/mol. The van der Waals surface area contributed by atoms with Gasteiger partial charge in [0.25, 0.3) is 0 Å². The Labute approximate surface area is 149 Å². The number of hydrogen-bond acceptors (Lipinski definition) is 3. The van der Waals surface area contributed by atoms with Crippen molar-refractivity contribution in [1.29, 1.82) is 0 Å². The van der Waals surface area contributed by atoms with E-state index in [0.717, 1.165) is 44.5 Å². The molecule has 25 heavy (non-hydrogen) atoms. The van der Waals surface area contributed by atoms with Crippen molar-refractivity contribution in [1.82, 2.24) is 10.2 Å².